The summed E-state index contributed by atoms with van der Waals surface area (Å²) in [6.07, 6.45) is -6.22. The number of ketones is 1. The number of carbonyl (C=O) groups excluding carboxylic acids is 1. The van der Waals surface area contributed by atoms with Crippen molar-refractivity contribution in [3.05, 3.63) is 0 Å². The first-order valence-electron chi connectivity index (χ1n) is 7.16. The quantitative estimate of drug-likeness (QED) is 0.742. The van der Waals surface area contributed by atoms with Gasteiger partial charge in [0.25, 0.3) is 5.92 Å². The van der Waals surface area contributed by atoms with E-state index >= 15 is 0 Å². The molecule has 0 radical (unpaired) electrons. The van der Waals surface area contributed by atoms with Gasteiger partial charge in [-0.2, -0.15) is 13.2 Å². The molecule has 21 heavy (non-hydrogen) atoms. The average molecular weight is 312 g/mol. The maximum Gasteiger partial charge on any atom is 0.420 e. The summed E-state index contributed by atoms with van der Waals surface area (Å²) in [7, 11) is 0. The fourth-order valence-electron chi connectivity index (χ4n) is 4.53. The van der Waals surface area contributed by atoms with E-state index in [4.69, 9.17) is 4.74 Å². The van der Waals surface area contributed by atoms with Gasteiger partial charge in [0.1, 0.15) is 5.78 Å². The van der Waals surface area contributed by atoms with Crippen LogP contribution in [0.5, 0.6) is 0 Å². The van der Waals surface area contributed by atoms with Crippen molar-refractivity contribution in [1.29, 1.82) is 0 Å². The lowest BCUT2D eigenvalue weighted by atomic mass is 9.53. The zero-order valence-electron chi connectivity index (χ0n) is 11.6. The number of rotatable bonds is 3. The van der Waals surface area contributed by atoms with Gasteiger partial charge in [-0.15, -0.1) is 0 Å². The van der Waals surface area contributed by atoms with Crippen LogP contribution in [0.25, 0.3) is 0 Å². The fourth-order valence-corrected chi connectivity index (χ4v) is 4.53. The topological polar surface area (TPSA) is 26.3 Å². The molecule has 0 heterocycles. The summed E-state index contributed by atoms with van der Waals surface area (Å²) in [5.41, 5.74) is -1.20. The van der Waals surface area contributed by atoms with E-state index in [9.17, 15) is 26.7 Å². The van der Waals surface area contributed by atoms with E-state index in [1.807, 2.05) is 0 Å². The Bertz CT molecular complexity index is 421. The highest BCUT2D eigenvalue weighted by Crippen LogP contribution is 2.57. The Hall–Kier alpha value is -0.720. The van der Waals surface area contributed by atoms with E-state index in [0.29, 0.717) is 19.3 Å². The number of hydrogen-bond acceptors (Lipinski definition) is 2. The van der Waals surface area contributed by atoms with Crippen LogP contribution in [0.15, 0.2) is 0 Å². The maximum absolute atomic E-state index is 13.3. The van der Waals surface area contributed by atoms with Gasteiger partial charge in [-0.25, -0.2) is 8.78 Å². The molecule has 2 nitrogen and oxygen atoms in total. The standard InChI is InChI=1S/C14H17F5O2/c1-12(15,16)11(14(17,18)19)21-13-4-7-2-8(5-13)10(20)9(3-7)6-13/h7-9,11H,2-6H2,1H3. The molecular weight excluding hydrogens is 295 g/mol. The molecule has 3 atom stereocenters. The van der Waals surface area contributed by atoms with Gasteiger partial charge in [-0.3, -0.25) is 4.79 Å². The van der Waals surface area contributed by atoms with Crippen molar-refractivity contribution in [3.8, 4) is 0 Å². The fraction of sp³-hybridized carbons (Fsp3) is 0.929. The van der Waals surface area contributed by atoms with E-state index in [1.54, 1.807) is 0 Å². The molecule has 0 aromatic heterocycles. The molecule has 7 heteroatoms. The van der Waals surface area contributed by atoms with E-state index in [1.165, 1.54) is 0 Å². The van der Waals surface area contributed by atoms with Crippen LogP contribution < -0.4 is 0 Å². The van der Waals surface area contributed by atoms with Crippen LogP contribution in [0, 0.1) is 17.8 Å². The summed E-state index contributed by atoms with van der Waals surface area (Å²) in [6, 6.07) is 0. The van der Waals surface area contributed by atoms with Crippen molar-refractivity contribution in [1.82, 2.24) is 0 Å². The molecule has 0 saturated heterocycles. The third-order valence-electron chi connectivity index (χ3n) is 5.06. The Morgan fingerprint density at radius 2 is 1.62 bits per heavy atom. The second kappa shape index (κ2) is 4.40. The summed E-state index contributed by atoms with van der Waals surface area (Å²) in [5, 5.41) is 0. The number of Topliss-reactive ketones (excluding diaryl/α,β-unsaturated/α-hetero) is 1. The van der Waals surface area contributed by atoms with Crippen LogP contribution in [0.4, 0.5) is 22.0 Å². The Morgan fingerprint density at radius 1 is 1.10 bits per heavy atom. The first-order valence-corrected chi connectivity index (χ1v) is 7.16. The molecule has 0 spiro atoms. The Labute approximate surface area is 119 Å². The number of ether oxygens (including phenoxy) is 1. The first-order chi connectivity index (χ1) is 9.50. The molecule has 4 saturated carbocycles. The third-order valence-corrected chi connectivity index (χ3v) is 5.06. The van der Waals surface area contributed by atoms with Crippen LogP contribution in [0.2, 0.25) is 0 Å². The molecule has 4 fully saturated rings. The van der Waals surface area contributed by atoms with Crippen LogP contribution in [-0.2, 0) is 9.53 Å². The molecule has 4 aliphatic carbocycles. The summed E-state index contributed by atoms with van der Waals surface area (Å²) >= 11 is 0. The lowest BCUT2D eigenvalue weighted by Gasteiger charge is -2.56. The lowest BCUT2D eigenvalue weighted by molar-refractivity contribution is -0.322. The van der Waals surface area contributed by atoms with Crippen molar-refractivity contribution < 1.29 is 31.5 Å². The van der Waals surface area contributed by atoms with Gasteiger partial charge < -0.3 is 4.74 Å². The highest BCUT2D eigenvalue weighted by Gasteiger charge is 2.62. The van der Waals surface area contributed by atoms with Gasteiger partial charge in [0.05, 0.1) is 5.60 Å². The van der Waals surface area contributed by atoms with Crippen molar-refractivity contribution in [3.63, 3.8) is 0 Å². The summed E-state index contributed by atoms with van der Waals surface area (Å²) in [6.45, 7) is 0.233. The van der Waals surface area contributed by atoms with Gasteiger partial charge >= 0.3 is 6.18 Å². The summed E-state index contributed by atoms with van der Waals surface area (Å²) in [5.74, 6) is -4.41. The molecule has 3 unspecified atom stereocenters. The van der Waals surface area contributed by atoms with E-state index < -0.39 is 23.8 Å². The highest BCUT2D eigenvalue weighted by atomic mass is 19.4. The molecule has 0 aromatic rings. The normalized spacial score (nSPS) is 40.7. The zero-order valence-corrected chi connectivity index (χ0v) is 11.6. The van der Waals surface area contributed by atoms with Gasteiger partial charge in [0.15, 0.2) is 0 Å². The number of alkyl halides is 5. The predicted octanol–water partition coefficient (Wildman–Crippen LogP) is 3.74. The van der Waals surface area contributed by atoms with Crippen LogP contribution in [-0.4, -0.2) is 29.6 Å². The summed E-state index contributed by atoms with van der Waals surface area (Å²) < 4.78 is 70.4. The largest absolute Gasteiger partial charge is 0.420 e. The molecule has 0 amide bonds. The zero-order chi connectivity index (χ0) is 15.6. The summed E-state index contributed by atoms with van der Waals surface area (Å²) in [4.78, 5) is 12.0. The molecule has 0 aromatic carbocycles. The monoisotopic (exact) mass is 312 g/mol. The van der Waals surface area contributed by atoms with Crippen molar-refractivity contribution >= 4 is 5.78 Å². The molecule has 120 valence electrons. The molecule has 0 N–H and O–H groups in total. The predicted molar refractivity (Wildman–Crippen MR) is 62.8 cm³/mol. The molecule has 4 bridgehead atoms. The minimum Gasteiger partial charge on any atom is -0.356 e. The van der Waals surface area contributed by atoms with Gasteiger partial charge in [-0.05, 0) is 38.0 Å². The van der Waals surface area contributed by atoms with Crippen molar-refractivity contribution in [2.45, 2.75) is 62.8 Å². The maximum atomic E-state index is 13.3. The van der Waals surface area contributed by atoms with Gasteiger partial charge in [0, 0.05) is 18.8 Å². The highest BCUT2D eigenvalue weighted by molar-refractivity contribution is 5.85. The Morgan fingerprint density at radius 3 is 2.05 bits per heavy atom. The van der Waals surface area contributed by atoms with Crippen molar-refractivity contribution in [2.24, 2.45) is 17.8 Å². The minimum atomic E-state index is -5.12. The molecular formula is C14H17F5O2. The SMILES string of the molecule is CC(F)(F)C(OC12CC3CC(C1)C(=O)C(C3)C2)C(F)(F)F. The van der Waals surface area contributed by atoms with E-state index in [-0.39, 0.29) is 43.3 Å². The van der Waals surface area contributed by atoms with E-state index in [2.05, 4.69) is 0 Å². The van der Waals surface area contributed by atoms with Crippen LogP contribution in [0.1, 0.15) is 39.0 Å². The van der Waals surface area contributed by atoms with E-state index in [0.717, 1.165) is 0 Å². The Kier molecular flexibility index (Phi) is 3.18. The van der Waals surface area contributed by atoms with Crippen LogP contribution in [0.3, 0.4) is 0 Å². The smallest absolute Gasteiger partial charge is 0.356 e. The molecule has 0 aliphatic heterocycles. The van der Waals surface area contributed by atoms with Crippen LogP contribution >= 0.6 is 0 Å². The van der Waals surface area contributed by atoms with Crippen molar-refractivity contribution in [2.75, 3.05) is 0 Å². The van der Waals surface area contributed by atoms with Gasteiger partial charge in [0.2, 0.25) is 6.10 Å². The number of hydrogen-bond donors (Lipinski definition) is 0. The number of carbonyl (C=O) groups is 1. The second-order valence-corrected chi connectivity index (χ2v) is 6.92. The molecule has 4 rings (SSSR count). The lowest BCUT2D eigenvalue weighted by Crippen LogP contribution is -2.60. The average Bonchev–Trinajstić information content (AvgIpc) is 2.29. The Balaban J connectivity index is 1.85. The van der Waals surface area contributed by atoms with Gasteiger partial charge in [-0.1, -0.05) is 0 Å². The molecule has 4 aliphatic rings. The second-order valence-electron chi connectivity index (χ2n) is 6.92. The minimum absolute atomic E-state index is 0.0805. The third kappa shape index (κ3) is 2.58. The number of halogens is 5. The first kappa shape index (κ1) is 15.2.